The van der Waals surface area contributed by atoms with Crippen molar-refractivity contribution in [3.63, 3.8) is 0 Å². The van der Waals surface area contributed by atoms with Crippen LogP contribution in [0.4, 0.5) is 0 Å². The molecule has 1 aliphatic rings. The third-order valence-corrected chi connectivity index (χ3v) is 7.91. The molecule has 1 saturated carbocycles. The summed E-state index contributed by atoms with van der Waals surface area (Å²) in [5, 5.41) is 12.4. The first-order chi connectivity index (χ1) is 16.3. The van der Waals surface area contributed by atoms with Crippen molar-refractivity contribution in [2.24, 2.45) is 0 Å². The zero-order valence-electron chi connectivity index (χ0n) is 19.8. The monoisotopic (exact) mass is 489 g/mol. The van der Waals surface area contributed by atoms with E-state index in [0.29, 0.717) is 50.0 Å². The number of ether oxygens (including phenoxy) is 1. The molecule has 0 saturated heterocycles. The molecule has 4 N–H and O–H groups in total. The Balaban J connectivity index is 1.70. The molecule has 186 valence electrons. The van der Waals surface area contributed by atoms with E-state index in [1.807, 2.05) is 31.2 Å². The van der Waals surface area contributed by atoms with Gasteiger partial charge in [0.05, 0.1) is 19.3 Å². The Hall–Kier alpha value is -2.46. The second-order valence-electron chi connectivity index (χ2n) is 8.83. The van der Waals surface area contributed by atoms with Gasteiger partial charge in [-0.15, -0.1) is 0 Å². The van der Waals surface area contributed by atoms with Gasteiger partial charge in [0.15, 0.2) is 0 Å². The number of methoxy groups -OCH3 is 1. The highest BCUT2D eigenvalue weighted by Gasteiger charge is 2.38. The molecule has 34 heavy (non-hydrogen) atoms. The fraction of sp³-hybridized carbons (Fsp3) is 0.480. The summed E-state index contributed by atoms with van der Waals surface area (Å²) in [6.45, 7) is 2.01. The number of carbonyl (C=O) groups is 1. The number of nitrogens with one attached hydrogen (secondary N) is 3. The Morgan fingerprint density at radius 3 is 2.38 bits per heavy atom. The molecule has 1 unspecified atom stereocenters. The molecule has 0 radical (unpaired) electrons. The summed E-state index contributed by atoms with van der Waals surface area (Å²) < 4.78 is 35.5. The normalized spacial score (nSPS) is 21.6. The molecular formula is C25H35N3O5S. The maximum absolute atomic E-state index is 12.9. The van der Waals surface area contributed by atoms with Gasteiger partial charge < -0.3 is 15.2 Å². The number of para-hydroxylation sites is 1. The highest BCUT2D eigenvalue weighted by Crippen LogP contribution is 2.39. The van der Waals surface area contributed by atoms with E-state index in [9.17, 15) is 18.3 Å². The zero-order chi connectivity index (χ0) is 24.6. The number of aliphatic hydroxyl groups is 1. The van der Waals surface area contributed by atoms with Crippen LogP contribution in [0.25, 0.3) is 0 Å². The number of rotatable bonds is 11. The molecule has 3 rings (SSSR count). The number of hydrogen-bond acceptors (Lipinski definition) is 5. The van der Waals surface area contributed by atoms with E-state index < -0.39 is 16.3 Å². The Labute approximate surface area is 202 Å². The Morgan fingerprint density at radius 1 is 1.12 bits per heavy atom. The summed E-state index contributed by atoms with van der Waals surface area (Å²) in [6.07, 6.45) is 3.21. The second kappa shape index (κ2) is 11.8. The predicted molar refractivity (Wildman–Crippen MR) is 132 cm³/mol. The van der Waals surface area contributed by atoms with Crippen LogP contribution in [-0.4, -0.2) is 51.8 Å². The summed E-state index contributed by atoms with van der Waals surface area (Å²) in [4.78, 5) is 12.9. The van der Waals surface area contributed by atoms with Crippen LogP contribution in [0.2, 0.25) is 0 Å². The standard InChI is InChI=1S/C25H35N3O5S/c1-3-20(17-29)27-34(31,32)28-21-13-15-25(16-14-21,19-9-5-4-6-10-19)18-26-24(30)22-11-7-8-12-23(22)33-2/h4-12,20-21,27-29H,3,13-18H2,1-2H3,(H,26,30). The van der Waals surface area contributed by atoms with Crippen LogP contribution in [0.5, 0.6) is 5.75 Å². The zero-order valence-corrected chi connectivity index (χ0v) is 20.6. The van der Waals surface area contributed by atoms with E-state index >= 15 is 0 Å². The maximum atomic E-state index is 12.9. The Morgan fingerprint density at radius 2 is 1.76 bits per heavy atom. The van der Waals surface area contributed by atoms with Crippen LogP contribution in [-0.2, 0) is 15.6 Å². The number of benzene rings is 2. The fourth-order valence-electron chi connectivity index (χ4n) is 4.55. The number of amides is 1. The minimum atomic E-state index is -3.72. The van der Waals surface area contributed by atoms with E-state index in [1.54, 1.807) is 18.2 Å². The van der Waals surface area contributed by atoms with Crippen molar-refractivity contribution in [1.29, 1.82) is 0 Å². The van der Waals surface area contributed by atoms with Crippen LogP contribution in [0.3, 0.4) is 0 Å². The minimum absolute atomic E-state index is 0.200. The Kier molecular flexibility index (Phi) is 9.07. The Bertz CT molecular complexity index is 1030. The number of aliphatic hydroxyl groups excluding tert-OH is 1. The lowest BCUT2D eigenvalue weighted by Gasteiger charge is -2.41. The summed E-state index contributed by atoms with van der Waals surface area (Å²) in [6, 6.07) is 16.5. The van der Waals surface area contributed by atoms with Crippen LogP contribution >= 0.6 is 0 Å². The van der Waals surface area contributed by atoms with Gasteiger partial charge in [-0.05, 0) is 49.8 Å². The number of carbonyl (C=O) groups excluding carboxylic acids is 1. The van der Waals surface area contributed by atoms with Crippen LogP contribution in [0.1, 0.15) is 54.9 Å². The molecule has 2 aromatic carbocycles. The van der Waals surface area contributed by atoms with Gasteiger partial charge in [0, 0.05) is 24.0 Å². The molecule has 0 aliphatic heterocycles. The lowest BCUT2D eigenvalue weighted by Crippen LogP contribution is -2.51. The van der Waals surface area contributed by atoms with Gasteiger partial charge >= 0.3 is 0 Å². The topological polar surface area (TPSA) is 117 Å². The predicted octanol–water partition coefficient (Wildman–Crippen LogP) is 2.50. The molecule has 0 spiro atoms. The van der Waals surface area contributed by atoms with Gasteiger partial charge in [0.2, 0.25) is 0 Å². The molecule has 0 aromatic heterocycles. The van der Waals surface area contributed by atoms with Crippen LogP contribution in [0.15, 0.2) is 54.6 Å². The van der Waals surface area contributed by atoms with Gasteiger partial charge in [0.1, 0.15) is 5.75 Å². The van der Waals surface area contributed by atoms with Crippen molar-refractivity contribution >= 4 is 16.1 Å². The van der Waals surface area contributed by atoms with Crippen molar-refractivity contribution in [1.82, 2.24) is 14.8 Å². The van der Waals surface area contributed by atoms with Gasteiger partial charge in [-0.3, -0.25) is 4.79 Å². The minimum Gasteiger partial charge on any atom is -0.496 e. The van der Waals surface area contributed by atoms with E-state index in [0.717, 1.165) is 5.56 Å². The van der Waals surface area contributed by atoms with Crippen molar-refractivity contribution in [3.8, 4) is 5.75 Å². The van der Waals surface area contributed by atoms with Crippen molar-refractivity contribution in [3.05, 3.63) is 65.7 Å². The third kappa shape index (κ3) is 6.56. The highest BCUT2D eigenvalue weighted by molar-refractivity contribution is 7.87. The summed E-state index contributed by atoms with van der Waals surface area (Å²) >= 11 is 0. The van der Waals surface area contributed by atoms with E-state index in [2.05, 4.69) is 26.9 Å². The molecule has 9 heteroatoms. The molecule has 2 aromatic rings. The van der Waals surface area contributed by atoms with Crippen molar-refractivity contribution in [2.75, 3.05) is 20.3 Å². The molecule has 8 nitrogen and oxygen atoms in total. The smallest absolute Gasteiger partial charge is 0.277 e. The largest absolute Gasteiger partial charge is 0.496 e. The molecule has 1 amide bonds. The lowest BCUT2D eigenvalue weighted by atomic mass is 9.68. The van der Waals surface area contributed by atoms with Gasteiger partial charge in [-0.25, -0.2) is 0 Å². The summed E-state index contributed by atoms with van der Waals surface area (Å²) in [7, 11) is -2.18. The third-order valence-electron chi connectivity index (χ3n) is 6.62. The first-order valence-electron chi connectivity index (χ1n) is 11.7. The van der Waals surface area contributed by atoms with Crippen LogP contribution in [0, 0.1) is 0 Å². The average molecular weight is 490 g/mol. The molecule has 0 bridgehead atoms. The maximum Gasteiger partial charge on any atom is 0.277 e. The fourth-order valence-corrected chi connectivity index (χ4v) is 5.97. The molecule has 1 fully saturated rings. The molecule has 1 atom stereocenters. The van der Waals surface area contributed by atoms with E-state index in [1.165, 1.54) is 7.11 Å². The number of hydrogen-bond donors (Lipinski definition) is 4. The van der Waals surface area contributed by atoms with Gasteiger partial charge in [-0.1, -0.05) is 49.4 Å². The quantitative estimate of drug-likeness (QED) is 0.387. The van der Waals surface area contributed by atoms with E-state index in [4.69, 9.17) is 4.74 Å². The highest BCUT2D eigenvalue weighted by atomic mass is 32.2. The first-order valence-corrected chi connectivity index (χ1v) is 13.2. The van der Waals surface area contributed by atoms with Crippen LogP contribution < -0.4 is 19.5 Å². The van der Waals surface area contributed by atoms with Gasteiger partial charge in [0.25, 0.3) is 16.1 Å². The van der Waals surface area contributed by atoms with Gasteiger partial charge in [-0.2, -0.15) is 17.9 Å². The molecule has 1 aliphatic carbocycles. The average Bonchev–Trinajstić information content (AvgIpc) is 2.87. The SMILES string of the molecule is CCC(CO)NS(=O)(=O)NC1CCC(CNC(=O)c2ccccc2OC)(c2ccccc2)CC1. The van der Waals surface area contributed by atoms with Crippen molar-refractivity contribution < 1.29 is 23.1 Å². The first kappa shape index (κ1) is 26.2. The summed E-state index contributed by atoms with van der Waals surface area (Å²) in [5.41, 5.74) is 1.31. The second-order valence-corrected chi connectivity index (χ2v) is 10.3. The molecular weight excluding hydrogens is 454 g/mol. The lowest BCUT2D eigenvalue weighted by molar-refractivity contribution is 0.0932. The van der Waals surface area contributed by atoms with E-state index in [-0.39, 0.29) is 24.0 Å². The molecule has 0 heterocycles. The summed E-state index contributed by atoms with van der Waals surface area (Å²) in [5.74, 6) is 0.321. The van der Waals surface area contributed by atoms with Crippen molar-refractivity contribution in [2.45, 2.75) is 56.5 Å².